The number of para-hydroxylation sites is 1. The minimum Gasteiger partial charge on any atom is -0.403 e. The Labute approximate surface area is 156 Å². The molecule has 10 heteroatoms. The number of hydrogen-bond acceptors (Lipinski definition) is 5. The predicted molar refractivity (Wildman–Crippen MR) is 94.4 cm³/mol. The van der Waals surface area contributed by atoms with E-state index >= 15 is 0 Å². The molecule has 146 valence electrons. The summed E-state index contributed by atoms with van der Waals surface area (Å²) < 4.78 is 42.7. The highest BCUT2D eigenvalue weighted by molar-refractivity contribution is 5.87. The number of aromatic nitrogens is 3. The number of halogens is 3. The number of benzene rings is 1. The summed E-state index contributed by atoms with van der Waals surface area (Å²) in [7, 11) is 0. The third-order valence-corrected chi connectivity index (χ3v) is 3.78. The van der Waals surface area contributed by atoms with Gasteiger partial charge in [-0.1, -0.05) is 19.1 Å². The number of carbonyl (C=O) groups excluding carboxylic acids is 1. The Bertz CT molecular complexity index is 1070. The number of ether oxygens (including phenoxy) is 1. The number of pyridine rings is 1. The Morgan fingerprint density at radius 3 is 2.64 bits per heavy atom. The second kappa shape index (κ2) is 7.67. The first kappa shape index (κ1) is 19.3. The Kier molecular flexibility index (Phi) is 5.30. The molecule has 28 heavy (non-hydrogen) atoms. The minimum absolute atomic E-state index is 0.0777. The van der Waals surface area contributed by atoms with Gasteiger partial charge in [0.1, 0.15) is 11.3 Å². The molecule has 1 aromatic carbocycles. The zero-order valence-corrected chi connectivity index (χ0v) is 14.7. The fourth-order valence-corrected chi connectivity index (χ4v) is 2.62. The smallest absolute Gasteiger partial charge is 0.403 e. The molecule has 2 aromatic heterocycles. The molecule has 0 saturated heterocycles. The van der Waals surface area contributed by atoms with E-state index in [0.29, 0.717) is 5.69 Å². The number of amides is 1. The summed E-state index contributed by atoms with van der Waals surface area (Å²) in [5, 5.41) is -0.114. The van der Waals surface area contributed by atoms with E-state index in [1.807, 2.05) is 0 Å². The highest BCUT2D eigenvalue weighted by Gasteiger charge is 2.32. The van der Waals surface area contributed by atoms with Crippen LogP contribution in [0.15, 0.2) is 47.4 Å². The van der Waals surface area contributed by atoms with Gasteiger partial charge in [0.25, 0.3) is 5.56 Å². The number of aryl methyl sites for hydroxylation is 1. The third-order valence-electron chi connectivity index (χ3n) is 3.78. The Hall–Kier alpha value is -3.43. The Morgan fingerprint density at radius 1 is 1.21 bits per heavy atom. The first-order chi connectivity index (χ1) is 13.3. The molecular formula is C18H15F3N4O3. The lowest BCUT2D eigenvalue weighted by Gasteiger charge is -2.15. The van der Waals surface area contributed by atoms with Gasteiger partial charge in [-0.15, -0.1) is 13.2 Å². The van der Waals surface area contributed by atoms with E-state index < -0.39 is 23.6 Å². The van der Waals surface area contributed by atoms with Crippen LogP contribution in [0.25, 0.3) is 10.9 Å². The molecule has 0 radical (unpaired) electrons. The molecule has 7 nitrogen and oxygen atoms in total. The molecule has 3 rings (SSSR count). The molecule has 0 aliphatic heterocycles. The van der Waals surface area contributed by atoms with Crippen molar-refractivity contribution in [1.29, 1.82) is 0 Å². The molecular weight excluding hydrogens is 377 g/mol. The van der Waals surface area contributed by atoms with Crippen LogP contribution in [0.5, 0.6) is 5.75 Å². The van der Waals surface area contributed by atoms with E-state index in [1.165, 1.54) is 18.3 Å². The summed E-state index contributed by atoms with van der Waals surface area (Å²) in [5.41, 5.74) is 2.01. The van der Waals surface area contributed by atoms with Crippen LogP contribution in [-0.2, 0) is 17.6 Å². The lowest BCUT2D eigenvalue weighted by atomic mass is 10.2. The topological polar surface area (TPSA) is 86.1 Å². The van der Waals surface area contributed by atoms with Crippen molar-refractivity contribution >= 4 is 16.8 Å². The molecule has 0 unspecified atom stereocenters. The fourth-order valence-electron chi connectivity index (χ4n) is 2.62. The van der Waals surface area contributed by atoms with E-state index in [4.69, 9.17) is 0 Å². The maximum atomic E-state index is 12.8. The van der Waals surface area contributed by atoms with Gasteiger partial charge in [0.05, 0.1) is 11.8 Å². The van der Waals surface area contributed by atoms with Crippen molar-refractivity contribution in [2.45, 2.75) is 26.1 Å². The van der Waals surface area contributed by atoms with E-state index in [2.05, 4.69) is 20.1 Å². The lowest BCUT2D eigenvalue weighted by Crippen LogP contribution is -2.37. The molecule has 0 aliphatic rings. The standard InChI is InChI=1S/C18H15F3N4O3/c1-2-14-23-16-12(7-5-8-13(16)28-18(19,20)21)17(27)25(14)24-15(26)10-11-6-3-4-9-22-11/h3-9H,2,10H2,1H3,(H,24,26). The SMILES string of the molecule is CCc1nc2c(OC(F)(F)F)cccc2c(=O)n1NC(=O)Cc1ccccn1. The van der Waals surface area contributed by atoms with E-state index in [-0.39, 0.29) is 29.6 Å². The third kappa shape index (κ3) is 4.27. The molecule has 1 N–H and O–H groups in total. The zero-order chi connectivity index (χ0) is 20.3. The van der Waals surface area contributed by atoms with Crippen LogP contribution in [0.4, 0.5) is 13.2 Å². The van der Waals surface area contributed by atoms with Gasteiger partial charge in [0.2, 0.25) is 5.91 Å². The highest BCUT2D eigenvalue weighted by Crippen LogP contribution is 2.28. The summed E-state index contributed by atoms with van der Waals surface area (Å²) in [5.74, 6) is -1.01. The monoisotopic (exact) mass is 392 g/mol. The first-order valence-corrected chi connectivity index (χ1v) is 8.28. The maximum Gasteiger partial charge on any atom is 0.573 e. The quantitative estimate of drug-likeness (QED) is 0.721. The van der Waals surface area contributed by atoms with Crippen LogP contribution >= 0.6 is 0 Å². The van der Waals surface area contributed by atoms with Gasteiger partial charge in [-0.05, 0) is 24.3 Å². The first-order valence-electron chi connectivity index (χ1n) is 8.28. The van der Waals surface area contributed by atoms with Crippen LogP contribution in [0, 0.1) is 0 Å². The van der Waals surface area contributed by atoms with Crippen LogP contribution in [0.3, 0.4) is 0 Å². The number of nitrogens with zero attached hydrogens (tertiary/aromatic N) is 3. The van der Waals surface area contributed by atoms with Gasteiger partial charge in [0.15, 0.2) is 5.75 Å². The van der Waals surface area contributed by atoms with E-state index in [1.54, 1.807) is 25.1 Å². The molecule has 0 spiro atoms. The van der Waals surface area contributed by atoms with Crippen LogP contribution < -0.4 is 15.7 Å². The number of carbonyl (C=O) groups is 1. The van der Waals surface area contributed by atoms with Gasteiger partial charge < -0.3 is 4.74 Å². The molecule has 0 fully saturated rings. The maximum absolute atomic E-state index is 12.8. The van der Waals surface area contributed by atoms with Gasteiger partial charge >= 0.3 is 6.36 Å². The fraction of sp³-hybridized carbons (Fsp3) is 0.222. The highest BCUT2D eigenvalue weighted by atomic mass is 19.4. The van der Waals surface area contributed by atoms with E-state index in [9.17, 15) is 22.8 Å². The molecule has 2 heterocycles. The summed E-state index contributed by atoms with van der Waals surface area (Å²) in [6, 6.07) is 8.72. The second-order valence-corrected chi connectivity index (χ2v) is 5.76. The lowest BCUT2D eigenvalue weighted by molar-refractivity contribution is -0.274. The predicted octanol–water partition coefficient (Wildman–Crippen LogP) is 2.57. The number of fused-ring (bicyclic) bond motifs is 1. The average Bonchev–Trinajstić information content (AvgIpc) is 2.64. The van der Waals surface area contributed by atoms with Crippen molar-refractivity contribution in [1.82, 2.24) is 14.6 Å². The van der Waals surface area contributed by atoms with Crippen LogP contribution in [0.1, 0.15) is 18.4 Å². The van der Waals surface area contributed by atoms with Gasteiger partial charge in [-0.2, -0.15) is 0 Å². The molecule has 0 aliphatic carbocycles. The van der Waals surface area contributed by atoms with Crippen molar-refractivity contribution in [3.63, 3.8) is 0 Å². The Balaban J connectivity index is 2.00. The Morgan fingerprint density at radius 2 is 2.00 bits per heavy atom. The van der Waals surface area contributed by atoms with Crippen molar-refractivity contribution in [2.75, 3.05) is 5.43 Å². The number of alkyl halides is 3. The molecule has 0 saturated carbocycles. The number of nitrogens with one attached hydrogen (secondary N) is 1. The van der Waals surface area contributed by atoms with Crippen molar-refractivity contribution in [2.24, 2.45) is 0 Å². The van der Waals surface area contributed by atoms with Gasteiger partial charge in [-0.3, -0.25) is 20.0 Å². The summed E-state index contributed by atoms with van der Waals surface area (Å²) in [4.78, 5) is 33.2. The number of rotatable bonds is 5. The van der Waals surface area contributed by atoms with Crippen molar-refractivity contribution < 1.29 is 22.7 Å². The summed E-state index contributed by atoms with van der Waals surface area (Å²) in [6.45, 7) is 1.66. The second-order valence-electron chi connectivity index (χ2n) is 5.76. The van der Waals surface area contributed by atoms with E-state index in [0.717, 1.165) is 10.7 Å². The average molecular weight is 392 g/mol. The molecule has 0 atom stereocenters. The molecule has 3 aromatic rings. The van der Waals surface area contributed by atoms with Gasteiger partial charge in [0, 0.05) is 18.3 Å². The summed E-state index contributed by atoms with van der Waals surface area (Å²) >= 11 is 0. The van der Waals surface area contributed by atoms with Gasteiger partial charge in [-0.25, -0.2) is 9.66 Å². The summed E-state index contributed by atoms with van der Waals surface area (Å²) in [6.07, 6.45) is -3.28. The zero-order valence-electron chi connectivity index (χ0n) is 14.7. The van der Waals surface area contributed by atoms with Crippen molar-refractivity contribution in [3.8, 4) is 5.75 Å². The normalized spacial score (nSPS) is 11.4. The molecule has 0 bridgehead atoms. The van der Waals surface area contributed by atoms with Crippen molar-refractivity contribution in [3.05, 3.63) is 64.5 Å². The minimum atomic E-state index is -4.92. The van der Waals surface area contributed by atoms with Crippen LogP contribution in [0.2, 0.25) is 0 Å². The number of hydrogen-bond donors (Lipinski definition) is 1. The largest absolute Gasteiger partial charge is 0.573 e. The molecule has 1 amide bonds. The van der Waals surface area contributed by atoms with Crippen LogP contribution in [-0.4, -0.2) is 26.9 Å².